The molecule has 2 fully saturated rings. The van der Waals surface area contributed by atoms with E-state index in [1.54, 1.807) is 13.3 Å². The lowest BCUT2D eigenvalue weighted by atomic mass is 10.2. The maximum Gasteiger partial charge on any atom is 0.236 e. The zero-order chi connectivity index (χ0) is 17.8. The molecule has 2 aliphatic rings. The number of nitrogens with zero attached hydrogens (tertiary/aromatic N) is 4. The van der Waals surface area contributed by atoms with E-state index >= 15 is 0 Å². The third-order valence-corrected chi connectivity index (χ3v) is 4.80. The number of carbonyl (C=O) groups excluding carboxylic acids is 1. The van der Waals surface area contributed by atoms with Crippen molar-refractivity contribution in [3.63, 3.8) is 0 Å². The number of amides is 1. The van der Waals surface area contributed by atoms with E-state index in [4.69, 9.17) is 9.47 Å². The minimum Gasteiger partial charge on any atom is -0.495 e. The van der Waals surface area contributed by atoms with Crippen LogP contribution in [-0.4, -0.2) is 85.8 Å². The highest BCUT2D eigenvalue weighted by molar-refractivity contribution is 5.78. The third kappa shape index (κ3) is 4.61. The number of morpholine rings is 1. The SMILES string of the molecule is COc1cncc(N2CCN(CC(=O)N3CC(C)OC(C)C3)CC2)c1. The highest BCUT2D eigenvalue weighted by Gasteiger charge is 2.28. The van der Waals surface area contributed by atoms with Crippen LogP contribution in [0.3, 0.4) is 0 Å². The molecule has 138 valence electrons. The van der Waals surface area contributed by atoms with E-state index in [0.717, 1.165) is 37.6 Å². The van der Waals surface area contributed by atoms with Gasteiger partial charge in [-0.05, 0) is 13.8 Å². The topological polar surface area (TPSA) is 58.1 Å². The number of anilines is 1. The molecule has 0 bridgehead atoms. The van der Waals surface area contributed by atoms with E-state index in [2.05, 4.69) is 14.8 Å². The second-order valence-corrected chi connectivity index (χ2v) is 6.90. The van der Waals surface area contributed by atoms with Crippen molar-refractivity contribution in [2.45, 2.75) is 26.1 Å². The lowest BCUT2D eigenvalue weighted by Gasteiger charge is -2.39. The Labute approximate surface area is 149 Å². The zero-order valence-corrected chi connectivity index (χ0v) is 15.4. The van der Waals surface area contributed by atoms with Gasteiger partial charge in [-0.2, -0.15) is 0 Å². The van der Waals surface area contributed by atoms with Crippen LogP contribution < -0.4 is 9.64 Å². The normalized spacial score (nSPS) is 25.1. The molecule has 2 saturated heterocycles. The van der Waals surface area contributed by atoms with E-state index in [1.807, 2.05) is 31.0 Å². The minimum atomic E-state index is 0.116. The Bertz CT molecular complexity index is 579. The summed E-state index contributed by atoms with van der Waals surface area (Å²) in [6.45, 7) is 9.45. The van der Waals surface area contributed by atoms with E-state index in [-0.39, 0.29) is 18.1 Å². The first kappa shape index (κ1) is 17.9. The molecule has 7 nitrogen and oxygen atoms in total. The Hall–Kier alpha value is -1.86. The molecule has 0 aliphatic carbocycles. The maximum atomic E-state index is 12.6. The molecule has 1 aromatic rings. The summed E-state index contributed by atoms with van der Waals surface area (Å²) in [7, 11) is 1.65. The first-order valence-electron chi connectivity index (χ1n) is 8.94. The maximum absolute atomic E-state index is 12.6. The van der Waals surface area contributed by atoms with Crippen LogP contribution in [0.25, 0.3) is 0 Å². The van der Waals surface area contributed by atoms with Gasteiger partial charge in [0, 0.05) is 45.3 Å². The van der Waals surface area contributed by atoms with Gasteiger partial charge in [0.15, 0.2) is 0 Å². The number of hydrogen-bond acceptors (Lipinski definition) is 6. The summed E-state index contributed by atoms with van der Waals surface area (Å²) in [5.41, 5.74) is 1.07. The predicted molar refractivity (Wildman–Crippen MR) is 96.0 cm³/mol. The van der Waals surface area contributed by atoms with Crippen LogP contribution in [0.15, 0.2) is 18.5 Å². The van der Waals surface area contributed by atoms with Gasteiger partial charge in [-0.3, -0.25) is 14.7 Å². The Morgan fingerprint density at radius 2 is 1.88 bits per heavy atom. The molecule has 1 aromatic heterocycles. The van der Waals surface area contributed by atoms with Gasteiger partial charge < -0.3 is 19.3 Å². The van der Waals surface area contributed by atoms with Crippen molar-refractivity contribution >= 4 is 11.6 Å². The van der Waals surface area contributed by atoms with Crippen molar-refractivity contribution in [1.29, 1.82) is 0 Å². The number of methoxy groups -OCH3 is 1. The van der Waals surface area contributed by atoms with Gasteiger partial charge in [-0.25, -0.2) is 0 Å². The van der Waals surface area contributed by atoms with Crippen molar-refractivity contribution in [3.05, 3.63) is 18.5 Å². The fourth-order valence-electron chi connectivity index (χ4n) is 3.53. The standard InChI is InChI=1S/C18H28N4O3/c1-14-11-22(12-15(2)25-14)18(23)13-20-4-6-21(7-5-20)16-8-17(24-3)10-19-9-16/h8-10,14-15H,4-7,11-13H2,1-3H3. The Morgan fingerprint density at radius 3 is 2.52 bits per heavy atom. The molecule has 1 amide bonds. The van der Waals surface area contributed by atoms with Crippen molar-refractivity contribution in [2.24, 2.45) is 0 Å². The lowest BCUT2D eigenvalue weighted by Crippen LogP contribution is -2.53. The molecule has 0 N–H and O–H groups in total. The first-order chi connectivity index (χ1) is 12.0. The quantitative estimate of drug-likeness (QED) is 0.804. The van der Waals surface area contributed by atoms with Crippen LogP contribution in [-0.2, 0) is 9.53 Å². The van der Waals surface area contributed by atoms with Gasteiger partial charge in [-0.1, -0.05) is 0 Å². The van der Waals surface area contributed by atoms with Crippen LogP contribution >= 0.6 is 0 Å². The van der Waals surface area contributed by atoms with Gasteiger partial charge in [0.25, 0.3) is 0 Å². The van der Waals surface area contributed by atoms with E-state index in [1.165, 1.54) is 0 Å². The van der Waals surface area contributed by atoms with Gasteiger partial charge in [0.2, 0.25) is 5.91 Å². The number of pyridine rings is 1. The lowest BCUT2D eigenvalue weighted by molar-refractivity contribution is -0.144. The number of rotatable bonds is 4. The molecular formula is C18H28N4O3. The molecule has 2 aliphatic heterocycles. The fraction of sp³-hybridized carbons (Fsp3) is 0.667. The van der Waals surface area contributed by atoms with E-state index in [0.29, 0.717) is 19.6 Å². The van der Waals surface area contributed by atoms with Crippen LogP contribution in [0, 0.1) is 0 Å². The summed E-state index contributed by atoms with van der Waals surface area (Å²) >= 11 is 0. The second kappa shape index (κ2) is 8.01. The van der Waals surface area contributed by atoms with Gasteiger partial charge in [-0.15, -0.1) is 0 Å². The number of piperazine rings is 1. The highest BCUT2D eigenvalue weighted by atomic mass is 16.5. The molecule has 0 spiro atoms. The highest BCUT2D eigenvalue weighted by Crippen LogP contribution is 2.20. The average molecular weight is 348 g/mol. The summed E-state index contributed by atoms with van der Waals surface area (Å²) in [6.07, 6.45) is 3.80. The molecule has 3 rings (SSSR count). The summed E-state index contributed by atoms with van der Waals surface area (Å²) in [5.74, 6) is 0.976. The predicted octanol–water partition coefficient (Wildman–Crippen LogP) is 0.848. The van der Waals surface area contributed by atoms with Gasteiger partial charge in [0.05, 0.1) is 43.9 Å². The molecule has 2 unspecified atom stereocenters. The van der Waals surface area contributed by atoms with Crippen LogP contribution in [0.5, 0.6) is 5.75 Å². The first-order valence-corrected chi connectivity index (χ1v) is 8.94. The summed E-state index contributed by atoms with van der Waals surface area (Å²) in [5, 5.41) is 0. The van der Waals surface area contributed by atoms with Crippen LogP contribution in [0.1, 0.15) is 13.8 Å². The van der Waals surface area contributed by atoms with Crippen molar-refractivity contribution in [2.75, 3.05) is 57.8 Å². The van der Waals surface area contributed by atoms with Crippen LogP contribution in [0.4, 0.5) is 5.69 Å². The molecule has 3 heterocycles. The fourth-order valence-corrected chi connectivity index (χ4v) is 3.53. The number of carbonyl (C=O) groups is 1. The van der Waals surface area contributed by atoms with Crippen molar-refractivity contribution in [3.8, 4) is 5.75 Å². The van der Waals surface area contributed by atoms with Crippen molar-refractivity contribution in [1.82, 2.24) is 14.8 Å². The molecule has 25 heavy (non-hydrogen) atoms. The molecule has 2 atom stereocenters. The molecule has 0 aromatic carbocycles. The van der Waals surface area contributed by atoms with Gasteiger partial charge >= 0.3 is 0 Å². The minimum absolute atomic E-state index is 0.116. The Kier molecular flexibility index (Phi) is 5.75. The Balaban J connectivity index is 1.49. The second-order valence-electron chi connectivity index (χ2n) is 6.90. The molecular weight excluding hydrogens is 320 g/mol. The smallest absolute Gasteiger partial charge is 0.236 e. The molecule has 0 saturated carbocycles. The van der Waals surface area contributed by atoms with Gasteiger partial charge in [0.1, 0.15) is 5.75 Å². The summed E-state index contributed by atoms with van der Waals surface area (Å²) < 4.78 is 11.0. The Morgan fingerprint density at radius 1 is 1.20 bits per heavy atom. The number of ether oxygens (including phenoxy) is 2. The zero-order valence-electron chi connectivity index (χ0n) is 15.4. The van der Waals surface area contributed by atoms with Crippen molar-refractivity contribution < 1.29 is 14.3 Å². The van der Waals surface area contributed by atoms with Crippen LogP contribution in [0.2, 0.25) is 0 Å². The van der Waals surface area contributed by atoms with E-state index in [9.17, 15) is 4.79 Å². The third-order valence-electron chi connectivity index (χ3n) is 4.80. The number of hydrogen-bond donors (Lipinski definition) is 0. The summed E-state index contributed by atoms with van der Waals surface area (Å²) in [6, 6.07) is 2.00. The average Bonchev–Trinajstić information content (AvgIpc) is 2.61. The monoisotopic (exact) mass is 348 g/mol. The summed E-state index contributed by atoms with van der Waals surface area (Å²) in [4.78, 5) is 23.3. The number of aromatic nitrogens is 1. The van der Waals surface area contributed by atoms with E-state index < -0.39 is 0 Å². The molecule has 7 heteroatoms. The largest absolute Gasteiger partial charge is 0.495 e. The molecule has 0 radical (unpaired) electrons.